The van der Waals surface area contributed by atoms with E-state index in [2.05, 4.69) is 10.3 Å². The van der Waals surface area contributed by atoms with Gasteiger partial charge in [0.1, 0.15) is 24.0 Å². The molecule has 7 heteroatoms. The van der Waals surface area contributed by atoms with Crippen LogP contribution in [-0.4, -0.2) is 42.3 Å². The summed E-state index contributed by atoms with van der Waals surface area (Å²) in [5.41, 5.74) is 1.65. The van der Waals surface area contributed by atoms with E-state index < -0.39 is 17.7 Å². The van der Waals surface area contributed by atoms with Gasteiger partial charge in [0, 0.05) is 18.8 Å². The van der Waals surface area contributed by atoms with Gasteiger partial charge >= 0.3 is 6.09 Å². The van der Waals surface area contributed by atoms with Crippen LogP contribution in [0.25, 0.3) is 11.3 Å². The summed E-state index contributed by atoms with van der Waals surface area (Å²) in [4.78, 5) is 30.7. The molecule has 2 aromatic rings. The number of benzene rings is 1. The summed E-state index contributed by atoms with van der Waals surface area (Å²) >= 11 is 0. The van der Waals surface area contributed by atoms with Crippen LogP contribution in [0.15, 0.2) is 42.6 Å². The quantitative estimate of drug-likeness (QED) is 0.880. The third kappa shape index (κ3) is 4.36. The average Bonchev–Trinajstić information content (AvgIpc) is 2.73. The van der Waals surface area contributed by atoms with Gasteiger partial charge in [-0.05, 0) is 51.1 Å². The SMILES string of the molecule is CN1C(=O)[C@@H](NC(=O)OC(C)(C)C)COc2ccc(-c3ccccn3)cc21. The van der Waals surface area contributed by atoms with Gasteiger partial charge in [0.05, 0.1) is 11.4 Å². The molecular weight excluding hydrogens is 346 g/mol. The zero-order valence-electron chi connectivity index (χ0n) is 15.9. The number of amides is 2. The lowest BCUT2D eigenvalue weighted by Gasteiger charge is -2.23. The number of nitrogens with one attached hydrogen (secondary N) is 1. The number of rotatable bonds is 2. The Bertz CT molecular complexity index is 846. The van der Waals surface area contributed by atoms with E-state index in [0.717, 1.165) is 11.3 Å². The van der Waals surface area contributed by atoms with Crippen LogP contribution in [0.4, 0.5) is 10.5 Å². The summed E-state index contributed by atoms with van der Waals surface area (Å²) in [6.07, 6.45) is 1.06. The highest BCUT2D eigenvalue weighted by molar-refractivity contribution is 6.00. The molecule has 1 aliphatic heterocycles. The minimum atomic E-state index is -0.837. The largest absolute Gasteiger partial charge is 0.489 e. The van der Waals surface area contributed by atoms with Crippen molar-refractivity contribution >= 4 is 17.7 Å². The molecule has 1 aliphatic rings. The van der Waals surface area contributed by atoms with Crippen molar-refractivity contribution < 1.29 is 19.1 Å². The number of aromatic nitrogens is 1. The first kappa shape index (κ1) is 18.7. The van der Waals surface area contributed by atoms with Gasteiger partial charge in [-0.25, -0.2) is 4.79 Å². The van der Waals surface area contributed by atoms with Gasteiger partial charge in [-0.1, -0.05) is 6.07 Å². The van der Waals surface area contributed by atoms with Gasteiger partial charge in [0.25, 0.3) is 5.91 Å². The molecule has 1 aromatic heterocycles. The highest BCUT2D eigenvalue weighted by atomic mass is 16.6. The normalized spacial score (nSPS) is 16.8. The van der Waals surface area contributed by atoms with Crippen LogP contribution >= 0.6 is 0 Å². The van der Waals surface area contributed by atoms with Gasteiger partial charge in [0.15, 0.2) is 0 Å². The van der Waals surface area contributed by atoms with Crippen molar-refractivity contribution in [3.05, 3.63) is 42.6 Å². The van der Waals surface area contributed by atoms with E-state index in [0.29, 0.717) is 11.4 Å². The molecule has 3 rings (SSSR count). The third-order valence-corrected chi connectivity index (χ3v) is 4.01. The highest BCUT2D eigenvalue weighted by Crippen LogP contribution is 2.34. The second-order valence-electron chi connectivity index (χ2n) is 7.30. The van der Waals surface area contributed by atoms with Crippen LogP contribution in [0.5, 0.6) is 5.75 Å². The number of nitrogens with zero attached hydrogens (tertiary/aromatic N) is 2. The molecule has 0 spiro atoms. The van der Waals surface area contributed by atoms with Crippen molar-refractivity contribution in [2.24, 2.45) is 0 Å². The van der Waals surface area contributed by atoms with Crippen molar-refractivity contribution in [1.29, 1.82) is 0 Å². The molecule has 1 aromatic carbocycles. The van der Waals surface area contributed by atoms with E-state index >= 15 is 0 Å². The third-order valence-electron chi connectivity index (χ3n) is 4.01. The van der Waals surface area contributed by atoms with E-state index in [-0.39, 0.29) is 12.5 Å². The number of carbonyl (C=O) groups excluding carboxylic acids is 2. The fourth-order valence-corrected chi connectivity index (χ4v) is 2.74. The van der Waals surface area contributed by atoms with Crippen LogP contribution in [0, 0.1) is 0 Å². The molecule has 2 heterocycles. The van der Waals surface area contributed by atoms with Crippen molar-refractivity contribution in [3.63, 3.8) is 0 Å². The molecule has 1 N–H and O–H groups in total. The standard InChI is InChI=1S/C20H23N3O4/c1-20(2,3)27-19(25)22-15-12-26-17-9-8-13(14-7-5-6-10-21-14)11-16(17)23(4)18(15)24/h5-11,15H,12H2,1-4H3,(H,22,25)/t15-/m0/s1. The Hall–Kier alpha value is -3.09. The zero-order chi connectivity index (χ0) is 19.6. The highest BCUT2D eigenvalue weighted by Gasteiger charge is 2.32. The summed E-state index contributed by atoms with van der Waals surface area (Å²) in [7, 11) is 1.65. The number of likely N-dealkylation sites (N-methyl/N-ethyl adjacent to an activating group) is 1. The number of alkyl carbamates (subject to hydrolysis) is 1. The van der Waals surface area contributed by atoms with Gasteiger partial charge in [0.2, 0.25) is 0 Å². The predicted molar refractivity (Wildman–Crippen MR) is 102 cm³/mol. The minimum Gasteiger partial charge on any atom is -0.489 e. The lowest BCUT2D eigenvalue weighted by Crippen LogP contribution is -2.50. The minimum absolute atomic E-state index is 0.0261. The molecule has 1 atom stereocenters. The molecule has 27 heavy (non-hydrogen) atoms. The molecule has 0 saturated heterocycles. The number of anilines is 1. The molecule has 0 aliphatic carbocycles. The topological polar surface area (TPSA) is 80.8 Å². The number of fused-ring (bicyclic) bond motifs is 1. The molecule has 7 nitrogen and oxygen atoms in total. The Kier molecular flexibility index (Phi) is 5.03. The second kappa shape index (κ2) is 7.26. The first-order valence-corrected chi connectivity index (χ1v) is 8.70. The summed E-state index contributed by atoms with van der Waals surface area (Å²) in [6.45, 7) is 5.32. The molecule has 0 saturated carbocycles. The molecular formula is C20H23N3O4. The Balaban J connectivity index is 1.82. The zero-order valence-corrected chi connectivity index (χ0v) is 15.9. The number of carbonyl (C=O) groups is 2. The van der Waals surface area contributed by atoms with Gasteiger partial charge in [-0.2, -0.15) is 0 Å². The van der Waals surface area contributed by atoms with Crippen LogP contribution in [0.2, 0.25) is 0 Å². The van der Waals surface area contributed by atoms with Crippen LogP contribution in [0.1, 0.15) is 20.8 Å². The maximum absolute atomic E-state index is 12.8. The Morgan fingerprint density at radius 3 is 2.74 bits per heavy atom. The van der Waals surface area contributed by atoms with Crippen LogP contribution in [-0.2, 0) is 9.53 Å². The molecule has 2 amide bonds. The van der Waals surface area contributed by atoms with E-state index in [1.807, 2.05) is 30.3 Å². The van der Waals surface area contributed by atoms with E-state index in [1.54, 1.807) is 40.1 Å². The number of ether oxygens (including phenoxy) is 2. The maximum atomic E-state index is 12.8. The monoisotopic (exact) mass is 369 g/mol. The molecule has 142 valence electrons. The smallest absolute Gasteiger partial charge is 0.408 e. The van der Waals surface area contributed by atoms with Gasteiger partial charge in [-0.3, -0.25) is 9.78 Å². The van der Waals surface area contributed by atoms with Crippen molar-refractivity contribution in [1.82, 2.24) is 10.3 Å². The van der Waals surface area contributed by atoms with Crippen molar-refractivity contribution in [3.8, 4) is 17.0 Å². The first-order chi connectivity index (χ1) is 12.7. The number of hydrogen-bond acceptors (Lipinski definition) is 5. The Morgan fingerprint density at radius 2 is 2.07 bits per heavy atom. The summed E-state index contributed by atoms with van der Waals surface area (Å²) in [5, 5.41) is 2.59. The predicted octanol–water partition coefficient (Wildman–Crippen LogP) is 3.00. The van der Waals surface area contributed by atoms with Crippen molar-refractivity contribution in [2.75, 3.05) is 18.6 Å². The summed E-state index contributed by atoms with van der Waals surface area (Å²) < 4.78 is 11.0. The van der Waals surface area contributed by atoms with Gasteiger partial charge < -0.3 is 19.7 Å². The number of pyridine rings is 1. The molecule has 0 unspecified atom stereocenters. The lowest BCUT2D eigenvalue weighted by molar-refractivity contribution is -0.120. The van der Waals surface area contributed by atoms with E-state index in [9.17, 15) is 9.59 Å². The maximum Gasteiger partial charge on any atom is 0.408 e. The van der Waals surface area contributed by atoms with Crippen molar-refractivity contribution in [2.45, 2.75) is 32.4 Å². The second-order valence-corrected chi connectivity index (χ2v) is 7.30. The number of hydrogen-bond donors (Lipinski definition) is 1. The van der Waals surface area contributed by atoms with E-state index in [4.69, 9.17) is 9.47 Å². The molecule has 0 bridgehead atoms. The summed E-state index contributed by atoms with van der Waals surface area (Å²) in [6, 6.07) is 10.4. The summed E-state index contributed by atoms with van der Waals surface area (Å²) in [5.74, 6) is 0.289. The van der Waals surface area contributed by atoms with E-state index in [1.165, 1.54) is 4.90 Å². The van der Waals surface area contributed by atoms with Gasteiger partial charge in [-0.15, -0.1) is 0 Å². The Labute approximate surface area is 158 Å². The average molecular weight is 369 g/mol. The lowest BCUT2D eigenvalue weighted by atomic mass is 10.1. The van der Waals surface area contributed by atoms with Crippen LogP contribution in [0.3, 0.4) is 0 Å². The first-order valence-electron chi connectivity index (χ1n) is 8.70. The Morgan fingerprint density at radius 1 is 1.30 bits per heavy atom. The molecule has 0 fully saturated rings. The van der Waals surface area contributed by atoms with Crippen LogP contribution < -0.4 is 15.0 Å². The fraction of sp³-hybridized carbons (Fsp3) is 0.350. The molecule has 0 radical (unpaired) electrons. The fourth-order valence-electron chi connectivity index (χ4n) is 2.74.